The zero-order valence-corrected chi connectivity index (χ0v) is 11.1. The molecule has 0 saturated heterocycles. The third-order valence-corrected chi connectivity index (χ3v) is 4.70. The predicted octanol–water partition coefficient (Wildman–Crippen LogP) is -2.51. The number of methoxy groups -OCH3 is 1. The monoisotopic (exact) mass is 316 g/mol. The highest BCUT2D eigenvalue weighted by molar-refractivity contribution is 7.90. The van der Waals surface area contributed by atoms with Gasteiger partial charge in [0.2, 0.25) is 4.93 Å². The van der Waals surface area contributed by atoms with E-state index in [9.17, 15) is 21.9 Å². The first-order valence-corrected chi connectivity index (χ1v) is 7.39. The third kappa shape index (κ3) is 2.51. The lowest BCUT2D eigenvalue weighted by molar-refractivity contribution is 0.0957. The molecule has 0 aromatic rings. The van der Waals surface area contributed by atoms with Crippen LogP contribution in [-0.4, -0.2) is 48.8 Å². The lowest BCUT2D eigenvalue weighted by atomic mass is 10.0. The molecule has 2 unspecified atom stereocenters. The zero-order valence-electron chi connectivity index (χ0n) is 9.51. The van der Waals surface area contributed by atoms with Gasteiger partial charge in [0.15, 0.2) is 5.72 Å². The molecule has 12 heteroatoms. The molecule has 2 atom stereocenters. The number of nitrogens with two attached hydrogens (primary N) is 2. The fraction of sp³-hybridized carbons (Fsp3) is 0.429. The third-order valence-electron chi connectivity index (χ3n) is 2.50. The van der Waals surface area contributed by atoms with Crippen LogP contribution in [0.2, 0.25) is 0 Å². The van der Waals surface area contributed by atoms with E-state index in [1.54, 1.807) is 0 Å². The Morgan fingerprint density at radius 1 is 1.21 bits per heavy atom. The van der Waals surface area contributed by atoms with Gasteiger partial charge in [0, 0.05) is 7.11 Å². The van der Waals surface area contributed by atoms with Gasteiger partial charge >= 0.3 is 10.1 Å². The second kappa shape index (κ2) is 4.24. The molecule has 0 bridgehead atoms. The summed E-state index contributed by atoms with van der Waals surface area (Å²) in [5.74, 6) is 0. The molecule has 0 fully saturated rings. The van der Waals surface area contributed by atoms with Gasteiger partial charge in [-0.05, 0) is 12.2 Å². The van der Waals surface area contributed by atoms with Crippen LogP contribution in [0.25, 0.3) is 0 Å². The SMILES string of the molecule is COC1(S(=O)(=O)O)C=C(N)C(N)(O)C(S(=O)(=O)O)=C1. The van der Waals surface area contributed by atoms with Crippen molar-refractivity contribution in [2.75, 3.05) is 7.11 Å². The lowest BCUT2D eigenvalue weighted by Gasteiger charge is -2.34. The van der Waals surface area contributed by atoms with Crippen LogP contribution in [0.5, 0.6) is 0 Å². The van der Waals surface area contributed by atoms with Gasteiger partial charge in [-0.3, -0.25) is 14.8 Å². The van der Waals surface area contributed by atoms with Gasteiger partial charge in [-0.15, -0.1) is 0 Å². The molecule has 19 heavy (non-hydrogen) atoms. The molecule has 10 nitrogen and oxygen atoms in total. The summed E-state index contributed by atoms with van der Waals surface area (Å²) in [5.41, 5.74) is 6.78. The molecular formula is C7H12N2O8S2. The summed E-state index contributed by atoms with van der Waals surface area (Å²) in [7, 11) is -9.28. The minimum absolute atomic E-state index is 0.244. The highest BCUT2D eigenvalue weighted by atomic mass is 32.2. The van der Waals surface area contributed by atoms with Gasteiger partial charge in [-0.25, -0.2) is 0 Å². The number of hydrogen-bond donors (Lipinski definition) is 5. The molecule has 0 amide bonds. The number of aliphatic hydroxyl groups is 1. The van der Waals surface area contributed by atoms with Crippen LogP contribution < -0.4 is 11.5 Å². The Balaban J connectivity index is 3.76. The molecule has 0 radical (unpaired) electrons. The fourth-order valence-electron chi connectivity index (χ4n) is 1.45. The molecule has 1 rings (SSSR count). The van der Waals surface area contributed by atoms with E-state index in [0.29, 0.717) is 6.08 Å². The van der Waals surface area contributed by atoms with Crippen LogP contribution in [0.1, 0.15) is 0 Å². The molecule has 0 aliphatic heterocycles. The average molecular weight is 316 g/mol. The smallest absolute Gasteiger partial charge is 0.303 e. The first-order chi connectivity index (χ1) is 8.28. The second-order valence-corrected chi connectivity index (χ2v) is 6.73. The summed E-state index contributed by atoms with van der Waals surface area (Å²) in [5, 5.41) is 9.68. The van der Waals surface area contributed by atoms with Crippen LogP contribution >= 0.6 is 0 Å². The zero-order chi connectivity index (χ0) is 15.3. The van der Waals surface area contributed by atoms with E-state index < -0.39 is 41.5 Å². The van der Waals surface area contributed by atoms with Gasteiger partial charge in [-0.2, -0.15) is 16.8 Å². The Bertz CT molecular complexity index is 659. The quantitative estimate of drug-likeness (QED) is 0.274. The van der Waals surface area contributed by atoms with E-state index in [-0.39, 0.29) is 6.08 Å². The Kier molecular flexibility index (Phi) is 3.58. The van der Waals surface area contributed by atoms with Crippen LogP contribution in [0.3, 0.4) is 0 Å². The summed E-state index contributed by atoms with van der Waals surface area (Å²) in [6.45, 7) is 0. The molecule has 0 saturated carbocycles. The van der Waals surface area contributed by atoms with Crippen LogP contribution in [-0.2, 0) is 25.0 Å². The Labute approximate surface area is 108 Å². The van der Waals surface area contributed by atoms with E-state index in [0.717, 1.165) is 7.11 Å². The van der Waals surface area contributed by atoms with Crippen molar-refractivity contribution in [3.05, 3.63) is 22.8 Å². The van der Waals surface area contributed by atoms with Crippen molar-refractivity contribution in [3.63, 3.8) is 0 Å². The minimum atomic E-state index is -5.10. The largest absolute Gasteiger partial charge is 0.398 e. The van der Waals surface area contributed by atoms with Gasteiger partial charge in [0.25, 0.3) is 10.1 Å². The maximum atomic E-state index is 11.3. The van der Waals surface area contributed by atoms with E-state index in [1.807, 2.05) is 0 Å². The molecule has 0 heterocycles. The summed E-state index contributed by atoms with van der Waals surface area (Å²) >= 11 is 0. The van der Waals surface area contributed by atoms with Crippen molar-refractivity contribution in [1.82, 2.24) is 0 Å². The molecule has 110 valence electrons. The Morgan fingerprint density at radius 3 is 2.00 bits per heavy atom. The molecular weight excluding hydrogens is 304 g/mol. The Hall–Kier alpha value is -1.02. The minimum Gasteiger partial charge on any atom is -0.398 e. The average Bonchev–Trinajstić information content (AvgIpc) is 2.18. The summed E-state index contributed by atoms with van der Waals surface area (Å²) in [6.07, 6.45) is 0.755. The predicted molar refractivity (Wildman–Crippen MR) is 62.3 cm³/mol. The molecule has 1 aliphatic carbocycles. The number of hydrogen-bond acceptors (Lipinski definition) is 8. The topological polar surface area (TPSA) is 190 Å². The second-order valence-electron chi connectivity index (χ2n) is 3.75. The highest BCUT2D eigenvalue weighted by Crippen LogP contribution is 2.35. The number of ether oxygens (including phenoxy) is 1. The van der Waals surface area contributed by atoms with Crippen molar-refractivity contribution in [2.24, 2.45) is 11.5 Å². The lowest BCUT2D eigenvalue weighted by Crippen LogP contribution is -2.54. The standard InChI is InChI=1S/C7H12N2O8S2/c1-17-6(19(14,15)16)2-4(8)7(9,10)5(3-6)18(11,12)13/h2-3,10H,8-9H2,1H3,(H,11,12,13)(H,14,15,16). The Morgan fingerprint density at radius 2 is 1.68 bits per heavy atom. The maximum Gasteiger partial charge on any atom is 0.303 e. The molecule has 0 aromatic carbocycles. The van der Waals surface area contributed by atoms with Crippen LogP contribution in [0, 0.1) is 0 Å². The summed E-state index contributed by atoms with van der Waals surface area (Å²) in [6, 6.07) is 0. The van der Waals surface area contributed by atoms with E-state index in [1.165, 1.54) is 0 Å². The summed E-state index contributed by atoms with van der Waals surface area (Å²) < 4.78 is 67.3. The van der Waals surface area contributed by atoms with Gasteiger partial charge in [0.1, 0.15) is 4.91 Å². The fourth-order valence-corrected chi connectivity index (χ4v) is 3.11. The summed E-state index contributed by atoms with van der Waals surface area (Å²) in [4.78, 5) is -4.02. The molecule has 0 spiro atoms. The van der Waals surface area contributed by atoms with E-state index in [4.69, 9.17) is 20.6 Å². The van der Waals surface area contributed by atoms with Gasteiger partial charge in [0.05, 0.1) is 5.70 Å². The van der Waals surface area contributed by atoms with E-state index in [2.05, 4.69) is 4.74 Å². The van der Waals surface area contributed by atoms with Crippen molar-refractivity contribution in [2.45, 2.75) is 10.7 Å². The van der Waals surface area contributed by atoms with E-state index >= 15 is 0 Å². The van der Waals surface area contributed by atoms with Crippen LogP contribution in [0.15, 0.2) is 22.8 Å². The molecule has 7 N–H and O–H groups in total. The van der Waals surface area contributed by atoms with Crippen LogP contribution in [0.4, 0.5) is 0 Å². The number of rotatable bonds is 3. The molecule has 1 aliphatic rings. The van der Waals surface area contributed by atoms with Gasteiger partial charge in [-0.1, -0.05) is 0 Å². The first kappa shape index (κ1) is 16.0. The van der Waals surface area contributed by atoms with Gasteiger partial charge < -0.3 is 15.6 Å². The normalized spacial score (nSPS) is 32.7. The highest BCUT2D eigenvalue weighted by Gasteiger charge is 2.51. The maximum absolute atomic E-state index is 11.3. The van der Waals surface area contributed by atoms with Crippen molar-refractivity contribution < 1.29 is 35.8 Å². The van der Waals surface area contributed by atoms with Crippen molar-refractivity contribution in [1.29, 1.82) is 0 Å². The molecule has 0 aromatic heterocycles. The van der Waals surface area contributed by atoms with Crippen molar-refractivity contribution in [3.8, 4) is 0 Å². The van der Waals surface area contributed by atoms with Crippen molar-refractivity contribution >= 4 is 20.2 Å². The first-order valence-electron chi connectivity index (χ1n) is 4.51.